The Morgan fingerprint density at radius 2 is 1.67 bits per heavy atom. The van der Waals surface area contributed by atoms with E-state index < -0.39 is 0 Å². The summed E-state index contributed by atoms with van der Waals surface area (Å²) >= 11 is 0. The predicted molar refractivity (Wildman–Crippen MR) is 91.3 cm³/mol. The van der Waals surface area contributed by atoms with Crippen molar-refractivity contribution in [3.8, 4) is 0 Å². The Hall–Kier alpha value is -0.990. The van der Waals surface area contributed by atoms with Crippen molar-refractivity contribution < 1.29 is 14.4 Å². The SMILES string of the molecule is CC(=O)[C@H]1CC[C@H]2[C@@H]3C(=O)C[C@H]4CC(=O)CC[C@]4(C)[C@H]3CC[C@]12C. The van der Waals surface area contributed by atoms with Crippen LogP contribution in [0, 0.1) is 40.4 Å². The van der Waals surface area contributed by atoms with Crippen LogP contribution in [-0.2, 0) is 14.4 Å². The van der Waals surface area contributed by atoms with E-state index in [0.29, 0.717) is 48.4 Å². The van der Waals surface area contributed by atoms with E-state index >= 15 is 0 Å². The van der Waals surface area contributed by atoms with Gasteiger partial charge in [-0.1, -0.05) is 13.8 Å². The zero-order valence-electron chi connectivity index (χ0n) is 15.3. The van der Waals surface area contributed by atoms with Crippen molar-refractivity contribution in [2.24, 2.45) is 40.4 Å². The number of ketones is 3. The van der Waals surface area contributed by atoms with Crippen molar-refractivity contribution in [1.29, 1.82) is 0 Å². The highest BCUT2D eigenvalue weighted by Gasteiger charge is 2.63. The summed E-state index contributed by atoms with van der Waals surface area (Å²) in [4.78, 5) is 37.2. The minimum atomic E-state index is 0.0241. The lowest BCUT2D eigenvalue weighted by Gasteiger charge is -2.59. The minimum absolute atomic E-state index is 0.0241. The van der Waals surface area contributed by atoms with Crippen LogP contribution in [0.2, 0.25) is 0 Å². The Bertz CT molecular complexity index is 608. The third-order valence-corrected chi connectivity index (χ3v) is 8.78. The van der Waals surface area contributed by atoms with Gasteiger partial charge in [-0.15, -0.1) is 0 Å². The molecule has 0 heterocycles. The molecular formula is C21H30O3. The van der Waals surface area contributed by atoms with E-state index in [1.165, 1.54) is 0 Å². The molecule has 0 saturated heterocycles. The van der Waals surface area contributed by atoms with Crippen LogP contribution >= 0.6 is 0 Å². The highest BCUT2D eigenvalue weighted by Crippen LogP contribution is 2.66. The summed E-state index contributed by atoms with van der Waals surface area (Å²) in [6.45, 7) is 6.37. The molecule has 0 spiro atoms. The van der Waals surface area contributed by atoms with E-state index in [-0.39, 0.29) is 28.6 Å². The third-order valence-electron chi connectivity index (χ3n) is 8.78. The number of Topliss-reactive ketones (excluding diaryl/α,β-unsaturated/α-hetero) is 3. The Labute approximate surface area is 144 Å². The Kier molecular flexibility index (Phi) is 3.61. The normalized spacial score (nSPS) is 50.9. The fourth-order valence-corrected chi connectivity index (χ4v) is 7.39. The lowest BCUT2D eigenvalue weighted by Crippen LogP contribution is -2.57. The summed E-state index contributed by atoms with van der Waals surface area (Å²) in [6.07, 6.45) is 7.01. The van der Waals surface area contributed by atoms with Gasteiger partial charge in [0.1, 0.15) is 17.3 Å². The van der Waals surface area contributed by atoms with Gasteiger partial charge in [0.2, 0.25) is 0 Å². The van der Waals surface area contributed by atoms with E-state index in [1.807, 2.05) is 0 Å². The van der Waals surface area contributed by atoms with Crippen molar-refractivity contribution in [1.82, 2.24) is 0 Å². The molecule has 3 nitrogen and oxygen atoms in total. The second-order valence-corrected chi connectivity index (χ2v) is 9.64. The molecule has 4 fully saturated rings. The van der Waals surface area contributed by atoms with Crippen LogP contribution in [0.25, 0.3) is 0 Å². The highest BCUT2D eigenvalue weighted by atomic mass is 16.1. The maximum Gasteiger partial charge on any atom is 0.136 e. The fraction of sp³-hybridized carbons (Fsp3) is 0.857. The van der Waals surface area contributed by atoms with E-state index in [2.05, 4.69) is 13.8 Å². The largest absolute Gasteiger partial charge is 0.300 e. The van der Waals surface area contributed by atoms with Crippen molar-refractivity contribution in [3.05, 3.63) is 0 Å². The predicted octanol–water partition coefficient (Wildman–Crippen LogP) is 3.98. The number of rotatable bonds is 1. The molecule has 0 amide bonds. The second-order valence-electron chi connectivity index (χ2n) is 9.64. The van der Waals surface area contributed by atoms with Crippen LogP contribution in [0.5, 0.6) is 0 Å². The van der Waals surface area contributed by atoms with Gasteiger partial charge >= 0.3 is 0 Å². The van der Waals surface area contributed by atoms with Crippen LogP contribution in [0.3, 0.4) is 0 Å². The highest BCUT2D eigenvalue weighted by molar-refractivity contribution is 5.87. The summed E-state index contributed by atoms with van der Waals surface area (Å²) in [7, 11) is 0. The smallest absolute Gasteiger partial charge is 0.136 e. The minimum Gasteiger partial charge on any atom is -0.300 e. The van der Waals surface area contributed by atoms with Gasteiger partial charge in [-0.25, -0.2) is 0 Å². The molecule has 0 bridgehead atoms. The maximum absolute atomic E-state index is 13.1. The first-order chi connectivity index (χ1) is 11.3. The molecule has 132 valence electrons. The average Bonchev–Trinajstić information content (AvgIpc) is 2.86. The van der Waals surface area contributed by atoms with E-state index in [9.17, 15) is 14.4 Å². The number of carbonyl (C=O) groups is 3. The molecule has 4 aliphatic carbocycles. The van der Waals surface area contributed by atoms with Gasteiger partial charge in [-0.3, -0.25) is 14.4 Å². The van der Waals surface area contributed by atoms with Crippen molar-refractivity contribution in [2.45, 2.75) is 72.1 Å². The van der Waals surface area contributed by atoms with E-state index in [0.717, 1.165) is 32.1 Å². The van der Waals surface area contributed by atoms with Crippen LogP contribution in [0.15, 0.2) is 0 Å². The molecule has 0 radical (unpaired) electrons. The molecule has 0 aromatic carbocycles. The van der Waals surface area contributed by atoms with Gasteiger partial charge < -0.3 is 0 Å². The topological polar surface area (TPSA) is 51.2 Å². The number of carbonyl (C=O) groups excluding carboxylic acids is 3. The summed E-state index contributed by atoms with van der Waals surface area (Å²) in [6, 6.07) is 0. The Balaban J connectivity index is 1.69. The van der Waals surface area contributed by atoms with Crippen molar-refractivity contribution >= 4 is 17.3 Å². The average molecular weight is 330 g/mol. The summed E-state index contributed by atoms with van der Waals surface area (Å²) < 4.78 is 0. The van der Waals surface area contributed by atoms with Crippen LogP contribution in [0.1, 0.15) is 72.1 Å². The van der Waals surface area contributed by atoms with Gasteiger partial charge in [0.25, 0.3) is 0 Å². The molecule has 0 aromatic rings. The molecule has 4 saturated carbocycles. The first-order valence-corrected chi connectivity index (χ1v) is 9.82. The van der Waals surface area contributed by atoms with Crippen molar-refractivity contribution in [2.75, 3.05) is 0 Å². The van der Waals surface area contributed by atoms with Gasteiger partial charge in [0.05, 0.1) is 0 Å². The summed E-state index contributed by atoms with van der Waals surface area (Å²) in [5.41, 5.74) is 0.179. The maximum atomic E-state index is 13.1. The standard InChI is InChI=1S/C21H30O3/c1-12(22)15-4-5-16-19-17(7-9-21(15,16)3)20(2)8-6-14(23)10-13(20)11-18(19)24/h13,15-17,19H,4-11H2,1-3H3/t13-,15-,16+,17+,19+,20+,21-/m1/s1. The zero-order valence-corrected chi connectivity index (χ0v) is 15.3. The van der Waals surface area contributed by atoms with Crippen LogP contribution < -0.4 is 0 Å². The van der Waals surface area contributed by atoms with Gasteiger partial charge in [0.15, 0.2) is 0 Å². The first-order valence-electron chi connectivity index (χ1n) is 9.82. The molecule has 0 unspecified atom stereocenters. The number of hydrogen-bond donors (Lipinski definition) is 0. The number of fused-ring (bicyclic) bond motifs is 5. The van der Waals surface area contributed by atoms with E-state index in [4.69, 9.17) is 0 Å². The molecule has 4 rings (SSSR count). The summed E-state index contributed by atoms with van der Waals surface area (Å²) in [5.74, 6) is 2.43. The molecule has 24 heavy (non-hydrogen) atoms. The molecule has 4 aliphatic rings. The lowest BCUT2D eigenvalue weighted by molar-refractivity contribution is -0.159. The fourth-order valence-electron chi connectivity index (χ4n) is 7.39. The van der Waals surface area contributed by atoms with Crippen molar-refractivity contribution in [3.63, 3.8) is 0 Å². The number of hydrogen-bond acceptors (Lipinski definition) is 3. The lowest BCUT2D eigenvalue weighted by atomic mass is 9.44. The van der Waals surface area contributed by atoms with Crippen LogP contribution in [-0.4, -0.2) is 17.3 Å². The van der Waals surface area contributed by atoms with Gasteiger partial charge in [0, 0.05) is 31.1 Å². The Morgan fingerprint density at radius 3 is 2.38 bits per heavy atom. The zero-order chi connectivity index (χ0) is 17.3. The molecule has 0 N–H and O–H groups in total. The first kappa shape index (κ1) is 16.5. The second kappa shape index (κ2) is 5.25. The molecule has 0 aromatic heterocycles. The van der Waals surface area contributed by atoms with Gasteiger partial charge in [-0.2, -0.15) is 0 Å². The molecule has 0 aliphatic heterocycles. The quantitative estimate of drug-likeness (QED) is 0.730. The van der Waals surface area contributed by atoms with Crippen LogP contribution in [0.4, 0.5) is 0 Å². The molecule has 7 atom stereocenters. The van der Waals surface area contributed by atoms with Gasteiger partial charge in [-0.05, 0) is 67.6 Å². The molecular weight excluding hydrogens is 300 g/mol. The van der Waals surface area contributed by atoms with E-state index in [1.54, 1.807) is 6.92 Å². The molecule has 3 heteroatoms. The third kappa shape index (κ3) is 2.05. The monoisotopic (exact) mass is 330 g/mol. The Morgan fingerprint density at radius 1 is 0.958 bits per heavy atom. The summed E-state index contributed by atoms with van der Waals surface area (Å²) in [5, 5.41) is 0.